The molecule has 0 atom stereocenters. The molecule has 0 saturated heterocycles. The maximum Gasteiger partial charge on any atom is 0.262 e. The summed E-state index contributed by atoms with van der Waals surface area (Å²) in [6.45, 7) is 2.11. The Labute approximate surface area is 124 Å². The maximum atomic E-state index is 13.1. The maximum absolute atomic E-state index is 13.1. The van der Waals surface area contributed by atoms with Crippen LogP contribution in [0.15, 0.2) is 47.4 Å². The number of hydrogen-bond donors (Lipinski definition) is 2. The summed E-state index contributed by atoms with van der Waals surface area (Å²) in [5.41, 5.74) is 1.72. The van der Waals surface area contributed by atoms with E-state index < -0.39 is 15.8 Å². The third-order valence-electron chi connectivity index (χ3n) is 3.06. The van der Waals surface area contributed by atoms with E-state index in [2.05, 4.69) is 10.0 Å². The fourth-order valence-corrected chi connectivity index (χ4v) is 3.41. The number of para-hydroxylation sites is 1. The molecule has 0 radical (unpaired) electrons. The molecular weight excluding hydrogens is 291 g/mol. The molecule has 2 rings (SSSR count). The summed E-state index contributed by atoms with van der Waals surface area (Å²) in [5, 5.41) is 2.98. The van der Waals surface area contributed by atoms with Crippen LogP contribution in [0.2, 0.25) is 0 Å². The lowest BCUT2D eigenvalue weighted by Gasteiger charge is -2.13. The highest BCUT2D eigenvalue weighted by Crippen LogP contribution is 2.22. The van der Waals surface area contributed by atoms with Gasteiger partial charge < -0.3 is 5.32 Å². The second-order valence-corrected chi connectivity index (χ2v) is 6.35. The molecule has 0 amide bonds. The summed E-state index contributed by atoms with van der Waals surface area (Å²) in [7, 11) is -1.96. The number of halogens is 1. The van der Waals surface area contributed by atoms with Crippen molar-refractivity contribution < 1.29 is 12.8 Å². The summed E-state index contributed by atoms with van der Waals surface area (Å²) < 4.78 is 40.5. The van der Waals surface area contributed by atoms with E-state index in [1.54, 1.807) is 26.1 Å². The normalized spacial score (nSPS) is 11.4. The molecule has 6 heteroatoms. The van der Waals surface area contributed by atoms with Gasteiger partial charge in [-0.15, -0.1) is 0 Å². The Morgan fingerprint density at radius 1 is 1.14 bits per heavy atom. The first-order valence-corrected chi connectivity index (χ1v) is 7.94. The van der Waals surface area contributed by atoms with Gasteiger partial charge in [-0.05, 0) is 49.4 Å². The summed E-state index contributed by atoms with van der Waals surface area (Å²) in [5.74, 6) is -0.456. The van der Waals surface area contributed by atoms with Crippen LogP contribution >= 0.6 is 0 Å². The fourth-order valence-electron chi connectivity index (χ4n) is 2.08. The molecule has 0 bridgehead atoms. The van der Waals surface area contributed by atoms with Gasteiger partial charge in [0.1, 0.15) is 5.82 Å². The van der Waals surface area contributed by atoms with Crippen molar-refractivity contribution in [1.29, 1.82) is 0 Å². The Morgan fingerprint density at radius 3 is 2.52 bits per heavy atom. The third-order valence-corrected chi connectivity index (χ3v) is 4.58. The van der Waals surface area contributed by atoms with Crippen LogP contribution in [0.1, 0.15) is 11.1 Å². The van der Waals surface area contributed by atoms with Crippen LogP contribution in [-0.4, -0.2) is 15.5 Å². The van der Waals surface area contributed by atoms with E-state index in [0.29, 0.717) is 17.8 Å². The van der Waals surface area contributed by atoms with Gasteiger partial charge >= 0.3 is 0 Å². The van der Waals surface area contributed by atoms with Crippen molar-refractivity contribution in [3.05, 3.63) is 59.4 Å². The van der Waals surface area contributed by atoms with Crippen LogP contribution < -0.4 is 10.0 Å². The zero-order valence-corrected chi connectivity index (χ0v) is 12.7. The largest absolute Gasteiger partial charge is 0.316 e. The minimum absolute atomic E-state index is 0.0724. The van der Waals surface area contributed by atoms with E-state index in [-0.39, 0.29) is 4.90 Å². The molecule has 0 aromatic heterocycles. The van der Waals surface area contributed by atoms with Crippen LogP contribution in [0.5, 0.6) is 0 Å². The van der Waals surface area contributed by atoms with E-state index in [9.17, 15) is 12.8 Å². The van der Waals surface area contributed by atoms with Crippen molar-refractivity contribution in [2.24, 2.45) is 0 Å². The van der Waals surface area contributed by atoms with Crippen LogP contribution in [0, 0.1) is 12.7 Å². The molecule has 21 heavy (non-hydrogen) atoms. The minimum Gasteiger partial charge on any atom is -0.316 e. The van der Waals surface area contributed by atoms with Gasteiger partial charge in [-0.2, -0.15) is 0 Å². The number of rotatable bonds is 5. The Morgan fingerprint density at radius 2 is 1.86 bits per heavy atom. The average Bonchev–Trinajstić information content (AvgIpc) is 2.40. The highest BCUT2D eigenvalue weighted by molar-refractivity contribution is 7.92. The van der Waals surface area contributed by atoms with Crippen LogP contribution in [0.4, 0.5) is 10.1 Å². The van der Waals surface area contributed by atoms with Gasteiger partial charge in [0.05, 0.1) is 10.6 Å². The van der Waals surface area contributed by atoms with Crippen LogP contribution in [-0.2, 0) is 16.6 Å². The SMILES string of the molecule is CNCc1ccccc1NS(=O)(=O)c1ccc(F)cc1C. The number of sulfonamides is 1. The standard InChI is InChI=1S/C15H17FN2O2S/c1-11-9-13(16)7-8-15(11)21(19,20)18-14-6-4-3-5-12(14)10-17-2/h3-9,17-18H,10H2,1-2H3. The third kappa shape index (κ3) is 3.59. The van der Waals surface area contributed by atoms with Crippen molar-refractivity contribution in [2.45, 2.75) is 18.4 Å². The van der Waals surface area contributed by atoms with E-state index in [1.165, 1.54) is 12.1 Å². The van der Waals surface area contributed by atoms with Gasteiger partial charge in [0.25, 0.3) is 10.0 Å². The van der Waals surface area contributed by atoms with E-state index in [4.69, 9.17) is 0 Å². The first kappa shape index (κ1) is 15.5. The molecule has 0 unspecified atom stereocenters. The predicted molar refractivity (Wildman–Crippen MR) is 81.2 cm³/mol. The Balaban J connectivity index is 2.38. The zero-order valence-electron chi connectivity index (χ0n) is 11.9. The van der Waals surface area contributed by atoms with Gasteiger partial charge in [-0.25, -0.2) is 12.8 Å². The molecule has 0 saturated carbocycles. The lowest BCUT2D eigenvalue weighted by Crippen LogP contribution is -2.17. The number of aryl methyl sites for hydroxylation is 1. The highest BCUT2D eigenvalue weighted by atomic mass is 32.2. The molecule has 2 N–H and O–H groups in total. The Kier molecular flexibility index (Phi) is 4.59. The highest BCUT2D eigenvalue weighted by Gasteiger charge is 2.18. The molecule has 0 heterocycles. The quantitative estimate of drug-likeness (QED) is 0.893. The van der Waals surface area contributed by atoms with Gasteiger partial charge in [-0.3, -0.25) is 4.72 Å². The molecule has 112 valence electrons. The van der Waals surface area contributed by atoms with Gasteiger partial charge in [-0.1, -0.05) is 18.2 Å². The number of benzene rings is 2. The molecule has 0 aliphatic carbocycles. The van der Waals surface area contributed by atoms with Crippen molar-refractivity contribution >= 4 is 15.7 Å². The minimum atomic E-state index is -3.75. The molecule has 2 aromatic carbocycles. The molecule has 0 fully saturated rings. The van der Waals surface area contributed by atoms with Crippen molar-refractivity contribution in [1.82, 2.24) is 5.32 Å². The van der Waals surface area contributed by atoms with E-state index in [0.717, 1.165) is 11.6 Å². The van der Waals surface area contributed by atoms with E-state index in [1.807, 2.05) is 12.1 Å². The van der Waals surface area contributed by atoms with Gasteiger partial charge in [0, 0.05) is 6.54 Å². The molecular formula is C15H17FN2O2S. The molecule has 2 aromatic rings. The Hall–Kier alpha value is -1.92. The number of anilines is 1. The predicted octanol–water partition coefficient (Wildman–Crippen LogP) is 2.65. The van der Waals surface area contributed by atoms with E-state index >= 15 is 0 Å². The summed E-state index contributed by atoms with van der Waals surface area (Å²) in [6.07, 6.45) is 0. The lowest BCUT2D eigenvalue weighted by molar-refractivity contribution is 0.598. The second-order valence-electron chi connectivity index (χ2n) is 4.70. The molecule has 0 spiro atoms. The molecule has 0 aliphatic heterocycles. The second kappa shape index (κ2) is 6.24. The summed E-state index contributed by atoms with van der Waals surface area (Å²) in [4.78, 5) is 0.0724. The average molecular weight is 308 g/mol. The molecule has 4 nitrogen and oxygen atoms in total. The summed E-state index contributed by atoms with van der Waals surface area (Å²) >= 11 is 0. The van der Waals surface area contributed by atoms with Gasteiger partial charge in [0.15, 0.2) is 0 Å². The monoisotopic (exact) mass is 308 g/mol. The number of nitrogens with one attached hydrogen (secondary N) is 2. The molecule has 0 aliphatic rings. The number of hydrogen-bond acceptors (Lipinski definition) is 3. The summed E-state index contributed by atoms with van der Waals surface area (Å²) in [6, 6.07) is 10.7. The zero-order chi connectivity index (χ0) is 15.5. The van der Waals surface area contributed by atoms with Crippen molar-refractivity contribution in [3.8, 4) is 0 Å². The van der Waals surface area contributed by atoms with Crippen molar-refractivity contribution in [3.63, 3.8) is 0 Å². The van der Waals surface area contributed by atoms with Crippen molar-refractivity contribution in [2.75, 3.05) is 11.8 Å². The topological polar surface area (TPSA) is 58.2 Å². The van der Waals surface area contributed by atoms with Gasteiger partial charge in [0.2, 0.25) is 0 Å². The van der Waals surface area contributed by atoms with Crippen LogP contribution in [0.3, 0.4) is 0 Å². The van der Waals surface area contributed by atoms with Crippen LogP contribution in [0.25, 0.3) is 0 Å². The smallest absolute Gasteiger partial charge is 0.262 e. The Bertz CT molecular complexity index is 745. The first-order chi connectivity index (χ1) is 9.94. The fraction of sp³-hybridized carbons (Fsp3) is 0.200. The first-order valence-electron chi connectivity index (χ1n) is 6.45. The lowest BCUT2D eigenvalue weighted by atomic mass is 10.2.